The number of aryl methyl sites for hydroxylation is 1. The Morgan fingerprint density at radius 3 is 1.83 bits per heavy atom. The summed E-state index contributed by atoms with van der Waals surface area (Å²) >= 11 is 0. The molecule has 4 N–H and O–H groups in total. The second kappa shape index (κ2) is 17.4. The highest BCUT2D eigenvalue weighted by molar-refractivity contribution is 7.79. The normalized spacial score (nSPS) is 15.9. The molecule has 0 aromatic heterocycles. The smallest absolute Gasteiger partial charge is 0.239 e. The molecule has 1 fully saturated rings. The maximum atomic E-state index is 12.2. The number of carbonyl (C=O) groups is 3. The van der Waals surface area contributed by atoms with E-state index in [0.717, 1.165) is 7.11 Å². The topological polar surface area (TPSA) is 128 Å². The van der Waals surface area contributed by atoms with Crippen LogP contribution in [0.4, 0.5) is 0 Å². The Morgan fingerprint density at radius 1 is 0.927 bits per heavy atom. The summed E-state index contributed by atoms with van der Waals surface area (Å²) in [7, 11) is 0.542. The van der Waals surface area contributed by atoms with Gasteiger partial charge in [0.05, 0.1) is 25.8 Å². The Labute approximate surface area is 243 Å². The average Bonchev–Trinajstić information content (AvgIpc) is 3.80. The molecule has 9 heteroatoms. The molecule has 41 heavy (non-hydrogen) atoms. The monoisotopic (exact) mass is 580 g/mol. The molecular weight excluding hydrogens is 539 g/mol. The SMILES string of the molecule is CC(C)CC(NC(=O)CNC=O)C(=O)C1(CO)CO1.CO.Cc1ccc(P(c2ccccc2)c2ccccc2)cc1. The predicted octanol–water partition coefficient (Wildman–Crippen LogP) is 1.96. The van der Waals surface area contributed by atoms with Crippen LogP contribution in [0.5, 0.6) is 0 Å². The van der Waals surface area contributed by atoms with Crippen LogP contribution < -0.4 is 26.5 Å². The molecule has 3 aromatic carbocycles. The van der Waals surface area contributed by atoms with Crippen molar-refractivity contribution in [3.05, 3.63) is 90.5 Å². The predicted molar refractivity (Wildman–Crippen MR) is 164 cm³/mol. The fraction of sp³-hybridized carbons (Fsp3) is 0.344. The number of carbonyl (C=O) groups excluding carboxylic acids is 3. The molecule has 0 radical (unpaired) electrons. The quantitative estimate of drug-likeness (QED) is 0.147. The van der Waals surface area contributed by atoms with E-state index in [2.05, 4.69) is 102 Å². The second-order valence-corrected chi connectivity index (χ2v) is 12.1. The number of amides is 2. The van der Waals surface area contributed by atoms with E-state index in [0.29, 0.717) is 12.8 Å². The minimum Gasteiger partial charge on any atom is -0.400 e. The number of Topliss-reactive ketones (excluding diaryl/α,β-unsaturated/α-hetero) is 1. The summed E-state index contributed by atoms with van der Waals surface area (Å²) in [6.45, 7) is 5.60. The zero-order valence-corrected chi connectivity index (χ0v) is 25.0. The fourth-order valence-corrected chi connectivity index (χ4v) is 6.38. The Morgan fingerprint density at radius 2 is 1.41 bits per heavy atom. The van der Waals surface area contributed by atoms with Crippen molar-refractivity contribution in [3.8, 4) is 0 Å². The van der Waals surface area contributed by atoms with E-state index in [1.54, 1.807) is 0 Å². The van der Waals surface area contributed by atoms with Crippen LogP contribution in [-0.2, 0) is 19.1 Å². The first kappa shape index (κ1) is 33.8. The summed E-state index contributed by atoms with van der Waals surface area (Å²) < 4.78 is 5.01. The molecule has 4 rings (SSSR count). The first-order chi connectivity index (χ1) is 19.8. The van der Waals surface area contributed by atoms with Crippen LogP contribution in [0.1, 0.15) is 25.8 Å². The van der Waals surface area contributed by atoms with E-state index >= 15 is 0 Å². The third kappa shape index (κ3) is 10.5. The van der Waals surface area contributed by atoms with Gasteiger partial charge in [-0.25, -0.2) is 0 Å². The molecule has 3 aromatic rings. The molecule has 220 valence electrons. The summed E-state index contributed by atoms with van der Waals surface area (Å²) in [5.74, 6) is -0.564. The lowest BCUT2D eigenvalue weighted by Gasteiger charge is -2.21. The van der Waals surface area contributed by atoms with Gasteiger partial charge in [0.1, 0.15) is 0 Å². The number of hydrogen-bond acceptors (Lipinski definition) is 6. The van der Waals surface area contributed by atoms with Crippen molar-refractivity contribution in [2.75, 3.05) is 26.9 Å². The number of nitrogens with one attached hydrogen (secondary N) is 2. The number of benzene rings is 3. The summed E-state index contributed by atoms with van der Waals surface area (Å²) in [4.78, 5) is 33.9. The van der Waals surface area contributed by atoms with E-state index in [4.69, 9.17) is 14.9 Å². The zero-order valence-electron chi connectivity index (χ0n) is 24.1. The molecule has 1 aliphatic rings. The third-order valence-electron chi connectivity index (χ3n) is 6.22. The van der Waals surface area contributed by atoms with Crippen LogP contribution in [0.15, 0.2) is 84.9 Å². The number of rotatable bonds is 12. The van der Waals surface area contributed by atoms with Gasteiger partial charge in [0.25, 0.3) is 0 Å². The van der Waals surface area contributed by atoms with Gasteiger partial charge >= 0.3 is 0 Å². The molecule has 1 aliphatic heterocycles. The van der Waals surface area contributed by atoms with Crippen LogP contribution in [0, 0.1) is 12.8 Å². The van der Waals surface area contributed by atoms with Gasteiger partial charge in [0, 0.05) is 7.11 Å². The van der Waals surface area contributed by atoms with Crippen LogP contribution >= 0.6 is 7.92 Å². The molecule has 0 bridgehead atoms. The summed E-state index contributed by atoms with van der Waals surface area (Å²) in [6, 6.07) is 29.8. The molecule has 2 atom stereocenters. The highest BCUT2D eigenvalue weighted by Gasteiger charge is 2.54. The zero-order chi connectivity index (χ0) is 30.3. The Hall–Kier alpha value is -3.42. The fourth-order valence-electron chi connectivity index (χ4n) is 4.09. The van der Waals surface area contributed by atoms with Crippen molar-refractivity contribution >= 4 is 41.9 Å². The summed E-state index contributed by atoms with van der Waals surface area (Å²) in [5.41, 5.74) is 0.162. The number of aliphatic hydroxyl groups excluding tert-OH is 2. The molecule has 1 saturated heterocycles. The molecule has 2 unspecified atom stereocenters. The van der Waals surface area contributed by atoms with E-state index in [-0.39, 0.29) is 31.5 Å². The van der Waals surface area contributed by atoms with Crippen molar-refractivity contribution in [1.82, 2.24) is 10.6 Å². The highest BCUT2D eigenvalue weighted by Crippen LogP contribution is 2.32. The summed E-state index contributed by atoms with van der Waals surface area (Å²) in [6.07, 6.45) is 0.870. The van der Waals surface area contributed by atoms with Crippen LogP contribution in [-0.4, -0.2) is 66.8 Å². The highest BCUT2D eigenvalue weighted by atomic mass is 31.1. The first-order valence-corrected chi connectivity index (χ1v) is 14.8. The Bertz CT molecular complexity index is 1160. The van der Waals surface area contributed by atoms with Gasteiger partial charge in [-0.1, -0.05) is 104 Å². The number of epoxide rings is 1. The van der Waals surface area contributed by atoms with E-state index < -0.39 is 25.5 Å². The van der Waals surface area contributed by atoms with Gasteiger partial charge in [-0.3, -0.25) is 14.4 Å². The van der Waals surface area contributed by atoms with Crippen molar-refractivity contribution in [1.29, 1.82) is 0 Å². The van der Waals surface area contributed by atoms with Crippen LogP contribution in [0.25, 0.3) is 0 Å². The Kier molecular flexibility index (Phi) is 14.3. The van der Waals surface area contributed by atoms with Gasteiger partial charge in [-0.2, -0.15) is 0 Å². The lowest BCUT2D eigenvalue weighted by Crippen LogP contribution is -2.50. The number of hydrogen-bond donors (Lipinski definition) is 4. The van der Waals surface area contributed by atoms with Crippen LogP contribution in [0.3, 0.4) is 0 Å². The standard InChI is InChI=1S/C19H17P.C12H20N2O5.CH4O/c1-16-12-14-19(15-13-16)20(17-8-4-2-5-9-17)18-10-6-3-7-11-18;1-8(2)3-9(14-10(17)4-13-7-16)11(18)12(5-15)6-19-12;1-2/h2-15H,1H3;7-9,15H,3-6H2,1-2H3,(H,13,16)(H,14,17);2H,1H3. The molecular formula is C32H41N2O6P. The number of ether oxygens (including phenoxy) is 1. The number of ketones is 1. The number of aliphatic hydroxyl groups is 2. The maximum Gasteiger partial charge on any atom is 0.239 e. The minimum atomic E-state index is -1.15. The van der Waals surface area contributed by atoms with E-state index in [1.807, 2.05) is 13.8 Å². The van der Waals surface area contributed by atoms with Gasteiger partial charge < -0.3 is 25.6 Å². The maximum absolute atomic E-state index is 12.2. The molecule has 8 nitrogen and oxygen atoms in total. The lowest BCUT2D eigenvalue weighted by atomic mass is 9.93. The average molecular weight is 581 g/mol. The third-order valence-corrected chi connectivity index (χ3v) is 8.67. The van der Waals surface area contributed by atoms with Crippen LogP contribution in [0.2, 0.25) is 0 Å². The van der Waals surface area contributed by atoms with Gasteiger partial charge in [0.2, 0.25) is 12.3 Å². The molecule has 0 aliphatic carbocycles. The Balaban J connectivity index is 0.000000271. The molecule has 0 spiro atoms. The van der Waals surface area contributed by atoms with E-state index in [9.17, 15) is 14.4 Å². The van der Waals surface area contributed by atoms with Crippen molar-refractivity contribution in [2.24, 2.45) is 5.92 Å². The molecule has 2 amide bonds. The minimum absolute atomic E-state index is 0.180. The van der Waals surface area contributed by atoms with E-state index in [1.165, 1.54) is 21.5 Å². The lowest BCUT2D eigenvalue weighted by molar-refractivity contribution is -0.132. The van der Waals surface area contributed by atoms with Gasteiger partial charge in [-0.15, -0.1) is 0 Å². The van der Waals surface area contributed by atoms with Crippen molar-refractivity contribution in [3.63, 3.8) is 0 Å². The largest absolute Gasteiger partial charge is 0.400 e. The second-order valence-electron chi connectivity index (χ2n) is 9.90. The van der Waals surface area contributed by atoms with Gasteiger partial charge in [-0.05, 0) is 43.1 Å². The first-order valence-electron chi connectivity index (χ1n) is 13.5. The van der Waals surface area contributed by atoms with Crippen molar-refractivity contribution in [2.45, 2.75) is 38.8 Å². The van der Waals surface area contributed by atoms with Gasteiger partial charge in [0.15, 0.2) is 11.4 Å². The molecule has 0 saturated carbocycles. The molecule has 1 heterocycles. The summed E-state index contributed by atoms with van der Waals surface area (Å²) in [5, 5.41) is 25.2. The van der Waals surface area contributed by atoms with Crippen molar-refractivity contribution < 1.29 is 29.3 Å².